The molecule has 0 aliphatic heterocycles. The van der Waals surface area contributed by atoms with Gasteiger partial charge in [0, 0.05) is 0 Å². The molecule has 8 heteroatoms. The Balaban J connectivity index is 3.18. The Bertz CT molecular complexity index is 540. The van der Waals surface area contributed by atoms with Crippen molar-refractivity contribution in [2.75, 3.05) is 4.72 Å². The van der Waals surface area contributed by atoms with Gasteiger partial charge < -0.3 is 5.11 Å². The van der Waals surface area contributed by atoms with Crippen molar-refractivity contribution in [2.45, 2.75) is 32.4 Å². The molecular formula is C9H14N2O4S2. The minimum Gasteiger partial charge on any atom is -0.478 e. The number of hydrogen-bond donors (Lipinski definition) is 2. The molecule has 0 saturated carbocycles. The van der Waals surface area contributed by atoms with Gasteiger partial charge >= 0.3 is 5.97 Å². The van der Waals surface area contributed by atoms with Gasteiger partial charge in [-0.15, -0.1) is 0 Å². The fourth-order valence-corrected chi connectivity index (χ4v) is 2.74. The Morgan fingerprint density at radius 2 is 1.94 bits per heavy atom. The van der Waals surface area contributed by atoms with E-state index >= 15 is 0 Å². The van der Waals surface area contributed by atoms with Crippen LogP contribution in [0.15, 0.2) is 0 Å². The molecule has 17 heavy (non-hydrogen) atoms. The van der Waals surface area contributed by atoms with Gasteiger partial charge in [0.25, 0.3) is 0 Å². The van der Waals surface area contributed by atoms with E-state index in [1.54, 1.807) is 0 Å². The average molecular weight is 278 g/mol. The van der Waals surface area contributed by atoms with E-state index in [1.807, 2.05) is 0 Å². The molecule has 1 heterocycles. The number of aryl methyl sites for hydroxylation is 1. The third-order valence-corrected chi connectivity index (χ3v) is 5.18. The number of nitrogens with one attached hydrogen (secondary N) is 1. The number of hydrogen-bond acceptors (Lipinski definition) is 5. The number of sulfonamides is 1. The molecule has 1 aromatic rings. The molecule has 1 rings (SSSR count). The molecule has 1 aromatic heterocycles. The van der Waals surface area contributed by atoms with E-state index in [0.29, 0.717) is 5.69 Å². The molecule has 0 radical (unpaired) electrons. The quantitative estimate of drug-likeness (QED) is 0.877. The maximum atomic E-state index is 11.9. The zero-order valence-corrected chi connectivity index (χ0v) is 11.6. The van der Waals surface area contributed by atoms with Crippen molar-refractivity contribution < 1.29 is 18.3 Å². The van der Waals surface area contributed by atoms with Crippen molar-refractivity contribution >= 4 is 32.5 Å². The summed E-state index contributed by atoms with van der Waals surface area (Å²) in [5.41, 5.74) is 0.205. The van der Waals surface area contributed by atoms with Crippen LogP contribution in [0.3, 0.4) is 0 Å². The first-order valence-corrected chi connectivity index (χ1v) is 7.04. The van der Waals surface area contributed by atoms with Crippen molar-refractivity contribution in [3.8, 4) is 0 Å². The number of nitrogens with zero attached hydrogens (tertiary/aromatic N) is 1. The van der Waals surface area contributed by atoms with Crippen LogP contribution < -0.4 is 4.72 Å². The van der Waals surface area contributed by atoms with Gasteiger partial charge in [-0.05, 0) is 39.2 Å². The summed E-state index contributed by atoms with van der Waals surface area (Å²) in [6.45, 7) is 6.12. The van der Waals surface area contributed by atoms with Gasteiger partial charge in [0.15, 0.2) is 0 Å². The van der Waals surface area contributed by atoms with E-state index in [2.05, 4.69) is 9.10 Å². The molecule has 0 spiro atoms. The molecule has 0 bridgehead atoms. The lowest BCUT2D eigenvalue weighted by molar-refractivity contribution is 0.0697. The van der Waals surface area contributed by atoms with Gasteiger partial charge in [0.2, 0.25) is 10.0 Å². The molecule has 0 saturated heterocycles. The minimum absolute atomic E-state index is 0.0462. The fourth-order valence-electron chi connectivity index (χ4n) is 0.966. The number of aromatic nitrogens is 1. The van der Waals surface area contributed by atoms with Gasteiger partial charge in [-0.2, -0.15) is 4.37 Å². The van der Waals surface area contributed by atoms with Crippen molar-refractivity contribution in [2.24, 2.45) is 0 Å². The number of aromatic carboxylic acids is 1. The predicted octanol–water partition coefficient (Wildman–Crippen LogP) is 1.69. The Hall–Kier alpha value is -1.15. The summed E-state index contributed by atoms with van der Waals surface area (Å²) >= 11 is 0.826. The van der Waals surface area contributed by atoms with E-state index in [9.17, 15) is 13.2 Å². The third-order valence-electron chi connectivity index (χ3n) is 2.11. The summed E-state index contributed by atoms with van der Waals surface area (Å²) in [7, 11) is -3.64. The first-order chi connectivity index (χ1) is 7.56. The molecule has 0 amide bonds. The van der Waals surface area contributed by atoms with Crippen molar-refractivity contribution in [3.63, 3.8) is 0 Å². The summed E-state index contributed by atoms with van der Waals surface area (Å²) < 4.78 is 28.9. The van der Waals surface area contributed by atoms with Crippen LogP contribution >= 0.6 is 11.5 Å². The third kappa shape index (κ3) is 2.75. The highest BCUT2D eigenvalue weighted by Crippen LogP contribution is 2.28. The standard InChI is InChI=1S/C9H14N2O4S2/c1-5-6(8(12)13)7(16-10-5)11-17(14,15)9(2,3)4/h11H,1-4H3,(H,12,13). The fraction of sp³-hybridized carbons (Fsp3) is 0.556. The van der Waals surface area contributed by atoms with Crippen LogP contribution in [0.2, 0.25) is 0 Å². The molecule has 96 valence electrons. The van der Waals surface area contributed by atoms with Crippen LogP contribution in [0.1, 0.15) is 36.8 Å². The second-order valence-electron chi connectivity index (χ2n) is 4.50. The second-order valence-corrected chi connectivity index (χ2v) is 7.70. The van der Waals surface area contributed by atoms with Gasteiger partial charge in [-0.3, -0.25) is 4.72 Å². The predicted molar refractivity (Wildman–Crippen MR) is 66.1 cm³/mol. The number of anilines is 1. The van der Waals surface area contributed by atoms with Crippen LogP contribution in [0.5, 0.6) is 0 Å². The van der Waals surface area contributed by atoms with Crippen molar-refractivity contribution in [1.82, 2.24) is 4.37 Å². The van der Waals surface area contributed by atoms with E-state index in [-0.39, 0.29) is 10.6 Å². The first-order valence-electron chi connectivity index (χ1n) is 4.78. The Kier molecular flexibility index (Phi) is 3.49. The molecular weight excluding hydrogens is 264 g/mol. The lowest BCUT2D eigenvalue weighted by Gasteiger charge is -2.19. The normalized spacial score (nSPS) is 12.5. The summed E-state index contributed by atoms with van der Waals surface area (Å²) in [6.07, 6.45) is 0. The summed E-state index contributed by atoms with van der Waals surface area (Å²) in [6, 6.07) is 0. The molecule has 0 atom stereocenters. The lowest BCUT2D eigenvalue weighted by Crippen LogP contribution is -2.33. The topological polar surface area (TPSA) is 96.4 Å². The van der Waals surface area contributed by atoms with E-state index < -0.39 is 20.7 Å². The van der Waals surface area contributed by atoms with Gasteiger partial charge in [0.1, 0.15) is 10.6 Å². The second kappa shape index (κ2) is 4.26. The maximum absolute atomic E-state index is 11.9. The van der Waals surface area contributed by atoms with E-state index in [4.69, 9.17) is 5.11 Å². The van der Waals surface area contributed by atoms with Crippen LogP contribution in [0.25, 0.3) is 0 Å². The van der Waals surface area contributed by atoms with Crippen molar-refractivity contribution in [1.29, 1.82) is 0 Å². The smallest absolute Gasteiger partial charge is 0.340 e. The molecule has 0 fully saturated rings. The summed E-state index contributed by atoms with van der Waals surface area (Å²) in [5.74, 6) is -1.19. The Morgan fingerprint density at radius 3 is 2.35 bits per heavy atom. The monoisotopic (exact) mass is 278 g/mol. The number of rotatable bonds is 3. The Labute approximate surface area is 104 Å². The molecule has 2 N–H and O–H groups in total. The zero-order chi connectivity index (χ0) is 13.4. The van der Waals surface area contributed by atoms with Crippen LogP contribution in [-0.2, 0) is 10.0 Å². The van der Waals surface area contributed by atoms with Crippen molar-refractivity contribution in [3.05, 3.63) is 11.3 Å². The van der Waals surface area contributed by atoms with Crippen LogP contribution in [0, 0.1) is 6.92 Å². The highest BCUT2D eigenvalue weighted by molar-refractivity contribution is 7.94. The number of carbonyl (C=O) groups is 1. The van der Waals surface area contributed by atoms with E-state index in [1.165, 1.54) is 27.7 Å². The van der Waals surface area contributed by atoms with Crippen LogP contribution in [0.4, 0.5) is 5.00 Å². The largest absolute Gasteiger partial charge is 0.478 e. The Morgan fingerprint density at radius 1 is 1.41 bits per heavy atom. The minimum atomic E-state index is -3.64. The van der Waals surface area contributed by atoms with Crippen LogP contribution in [-0.4, -0.2) is 28.6 Å². The SMILES string of the molecule is Cc1nsc(NS(=O)(=O)C(C)(C)C)c1C(=O)O. The first kappa shape index (κ1) is 13.9. The number of carboxylic acid groups (broad SMARTS) is 1. The van der Waals surface area contributed by atoms with Gasteiger partial charge in [-0.25, -0.2) is 13.2 Å². The van der Waals surface area contributed by atoms with Gasteiger partial charge in [-0.1, -0.05) is 0 Å². The molecule has 6 nitrogen and oxygen atoms in total. The number of carboxylic acids is 1. The van der Waals surface area contributed by atoms with Gasteiger partial charge in [0.05, 0.1) is 10.4 Å². The maximum Gasteiger partial charge on any atom is 0.340 e. The zero-order valence-electron chi connectivity index (χ0n) is 9.94. The highest BCUT2D eigenvalue weighted by Gasteiger charge is 2.31. The molecule has 0 aromatic carbocycles. The summed E-state index contributed by atoms with van der Waals surface area (Å²) in [5, 5.41) is 9.01. The van der Waals surface area contributed by atoms with E-state index in [0.717, 1.165) is 11.5 Å². The molecule has 0 unspecified atom stereocenters. The molecule has 0 aliphatic carbocycles. The molecule has 0 aliphatic rings. The lowest BCUT2D eigenvalue weighted by atomic mass is 10.2. The summed E-state index contributed by atoms with van der Waals surface area (Å²) in [4.78, 5) is 11.0. The average Bonchev–Trinajstić information content (AvgIpc) is 2.43. The highest BCUT2D eigenvalue weighted by atomic mass is 32.2.